The first-order valence-corrected chi connectivity index (χ1v) is 8.19. The predicted molar refractivity (Wildman–Crippen MR) is 84.8 cm³/mol. The third-order valence-electron chi connectivity index (χ3n) is 5.37. The summed E-state index contributed by atoms with van der Waals surface area (Å²) in [4.78, 5) is 0. The predicted octanol–water partition coefficient (Wildman–Crippen LogP) is 3.77. The van der Waals surface area contributed by atoms with Gasteiger partial charge in [-0.05, 0) is 55.4 Å². The van der Waals surface area contributed by atoms with Crippen LogP contribution in [-0.4, -0.2) is 61.3 Å². The van der Waals surface area contributed by atoms with Crippen molar-refractivity contribution in [2.24, 2.45) is 0 Å². The number of nitrogens with zero attached hydrogens (tertiary/aromatic N) is 2. The van der Waals surface area contributed by atoms with Crippen molar-refractivity contribution in [1.29, 1.82) is 0 Å². The SMILES string of the molecule is CC[N+](CC)(CC)CC.CC[N+](CC)(CC)CC. The lowest BCUT2D eigenvalue weighted by Crippen LogP contribution is -2.47. The molecule has 0 heterocycles. The molecule has 0 atom stereocenters. The van der Waals surface area contributed by atoms with Gasteiger partial charge in [0.2, 0.25) is 0 Å². The van der Waals surface area contributed by atoms with Crippen molar-refractivity contribution in [2.45, 2.75) is 55.4 Å². The van der Waals surface area contributed by atoms with E-state index in [0.29, 0.717) is 0 Å². The Morgan fingerprint density at radius 1 is 0.333 bits per heavy atom. The summed E-state index contributed by atoms with van der Waals surface area (Å²) in [6, 6.07) is 0. The first-order chi connectivity index (χ1) is 8.49. The number of hydrogen-bond acceptors (Lipinski definition) is 0. The minimum atomic E-state index is 1.28. The van der Waals surface area contributed by atoms with Crippen LogP contribution in [0.25, 0.3) is 0 Å². The van der Waals surface area contributed by atoms with Crippen LogP contribution in [0.2, 0.25) is 0 Å². The molecule has 0 saturated heterocycles. The zero-order valence-corrected chi connectivity index (χ0v) is 14.6. The summed E-state index contributed by atoms with van der Waals surface area (Å²) in [5.41, 5.74) is 0. The fourth-order valence-corrected chi connectivity index (χ4v) is 2.68. The Labute approximate surface area is 117 Å². The minimum Gasteiger partial charge on any atom is -0.325 e. The molecule has 0 bridgehead atoms. The van der Waals surface area contributed by atoms with E-state index in [1.54, 1.807) is 0 Å². The molecule has 0 aliphatic heterocycles. The Hall–Kier alpha value is -0.0800. The molecule has 0 aliphatic rings. The molecular formula is C16H40N2+2. The van der Waals surface area contributed by atoms with Gasteiger partial charge in [-0.25, -0.2) is 0 Å². The van der Waals surface area contributed by atoms with E-state index in [0.717, 1.165) is 0 Å². The molecule has 0 aromatic carbocycles. The van der Waals surface area contributed by atoms with Gasteiger partial charge >= 0.3 is 0 Å². The highest BCUT2D eigenvalue weighted by molar-refractivity contribution is 4.31. The van der Waals surface area contributed by atoms with E-state index < -0.39 is 0 Å². The molecule has 0 unspecified atom stereocenters. The summed E-state index contributed by atoms with van der Waals surface area (Å²) in [7, 11) is 0. The van der Waals surface area contributed by atoms with Crippen LogP contribution in [0.5, 0.6) is 0 Å². The molecular weight excluding hydrogens is 220 g/mol. The molecule has 0 rings (SSSR count). The van der Waals surface area contributed by atoms with E-state index >= 15 is 0 Å². The van der Waals surface area contributed by atoms with Crippen molar-refractivity contribution < 1.29 is 8.97 Å². The first-order valence-electron chi connectivity index (χ1n) is 8.19. The molecule has 0 radical (unpaired) electrons. The highest BCUT2D eigenvalue weighted by atomic mass is 15.3. The third-order valence-corrected chi connectivity index (χ3v) is 5.37. The van der Waals surface area contributed by atoms with Gasteiger partial charge in [-0.1, -0.05) is 0 Å². The second-order valence-electron chi connectivity index (χ2n) is 5.21. The fraction of sp³-hybridized carbons (Fsp3) is 1.00. The molecule has 0 amide bonds. The van der Waals surface area contributed by atoms with Gasteiger partial charge in [0.15, 0.2) is 0 Å². The second kappa shape index (κ2) is 10.8. The summed E-state index contributed by atoms with van der Waals surface area (Å²) < 4.78 is 2.56. The van der Waals surface area contributed by atoms with Crippen LogP contribution in [0.3, 0.4) is 0 Å². The number of quaternary nitrogens is 2. The Morgan fingerprint density at radius 3 is 0.444 bits per heavy atom. The fourth-order valence-electron chi connectivity index (χ4n) is 2.68. The van der Waals surface area contributed by atoms with Crippen LogP contribution in [0.4, 0.5) is 0 Å². The minimum absolute atomic E-state index is 1.28. The lowest BCUT2D eigenvalue weighted by molar-refractivity contribution is -0.921. The Kier molecular flexibility index (Phi) is 12.2. The molecule has 0 saturated carbocycles. The molecule has 0 aliphatic carbocycles. The highest BCUT2D eigenvalue weighted by Crippen LogP contribution is 2.03. The van der Waals surface area contributed by atoms with Crippen LogP contribution in [0, 0.1) is 0 Å². The number of rotatable bonds is 8. The zero-order valence-electron chi connectivity index (χ0n) is 14.6. The van der Waals surface area contributed by atoms with E-state index in [1.807, 2.05) is 0 Å². The van der Waals surface area contributed by atoms with Gasteiger partial charge in [-0.2, -0.15) is 0 Å². The molecule has 0 aromatic rings. The maximum Gasteiger partial charge on any atom is 0.0757 e. The molecule has 0 N–H and O–H groups in total. The van der Waals surface area contributed by atoms with E-state index in [1.165, 1.54) is 61.3 Å². The lowest BCUT2D eigenvalue weighted by Gasteiger charge is -2.34. The second-order valence-corrected chi connectivity index (χ2v) is 5.21. The van der Waals surface area contributed by atoms with Gasteiger partial charge < -0.3 is 8.97 Å². The lowest BCUT2D eigenvalue weighted by atomic mass is 10.3. The highest BCUT2D eigenvalue weighted by Gasteiger charge is 2.16. The Bertz CT molecular complexity index is 115. The molecule has 0 aromatic heterocycles. The van der Waals surface area contributed by atoms with Gasteiger partial charge in [0.1, 0.15) is 0 Å². The van der Waals surface area contributed by atoms with Crippen molar-refractivity contribution in [2.75, 3.05) is 52.4 Å². The molecule has 0 fully saturated rings. The summed E-state index contributed by atoms with van der Waals surface area (Å²) in [6.07, 6.45) is 0. The maximum absolute atomic E-state index is 2.27. The van der Waals surface area contributed by atoms with Crippen LogP contribution < -0.4 is 0 Å². The van der Waals surface area contributed by atoms with Gasteiger partial charge in [0.25, 0.3) is 0 Å². The monoisotopic (exact) mass is 260 g/mol. The van der Waals surface area contributed by atoms with Crippen molar-refractivity contribution in [1.82, 2.24) is 0 Å². The van der Waals surface area contributed by atoms with Crippen molar-refractivity contribution >= 4 is 0 Å². The van der Waals surface area contributed by atoms with Crippen LogP contribution in [-0.2, 0) is 0 Å². The average molecular weight is 261 g/mol. The van der Waals surface area contributed by atoms with E-state index in [9.17, 15) is 0 Å². The number of hydrogen-bond donors (Lipinski definition) is 0. The molecule has 2 heteroatoms. The first kappa shape index (κ1) is 20.2. The smallest absolute Gasteiger partial charge is 0.0757 e. The van der Waals surface area contributed by atoms with Crippen LogP contribution in [0.15, 0.2) is 0 Å². The van der Waals surface area contributed by atoms with Gasteiger partial charge in [-0.3, -0.25) is 0 Å². The summed E-state index contributed by atoms with van der Waals surface area (Å²) >= 11 is 0. The quantitative estimate of drug-likeness (QED) is 0.583. The van der Waals surface area contributed by atoms with Crippen LogP contribution in [0.1, 0.15) is 55.4 Å². The normalized spacial score (nSPS) is 12.0. The van der Waals surface area contributed by atoms with Crippen molar-refractivity contribution in [3.05, 3.63) is 0 Å². The molecule has 2 nitrogen and oxygen atoms in total. The Balaban J connectivity index is 0. The van der Waals surface area contributed by atoms with Crippen molar-refractivity contribution in [3.8, 4) is 0 Å². The van der Waals surface area contributed by atoms with Crippen LogP contribution >= 0.6 is 0 Å². The molecule has 0 spiro atoms. The summed E-state index contributed by atoms with van der Waals surface area (Å²) in [6.45, 7) is 28.4. The van der Waals surface area contributed by atoms with E-state index in [-0.39, 0.29) is 0 Å². The van der Waals surface area contributed by atoms with E-state index in [4.69, 9.17) is 0 Å². The third kappa shape index (κ3) is 6.19. The topological polar surface area (TPSA) is 0 Å². The Morgan fingerprint density at radius 2 is 0.444 bits per heavy atom. The maximum atomic E-state index is 2.27. The average Bonchev–Trinajstić information content (AvgIpc) is 2.46. The molecule has 112 valence electrons. The van der Waals surface area contributed by atoms with Crippen molar-refractivity contribution in [3.63, 3.8) is 0 Å². The van der Waals surface area contributed by atoms with Gasteiger partial charge in [0.05, 0.1) is 52.4 Å². The largest absolute Gasteiger partial charge is 0.325 e. The summed E-state index contributed by atoms with van der Waals surface area (Å²) in [5, 5.41) is 0. The summed E-state index contributed by atoms with van der Waals surface area (Å²) in [5.74, 6) is 0. The standard InChI is InChI=1S/2C8H20N/c2*1-5-9(6-2,7-3)8-4/h2*5-8H2,1-4H3/q2*+1. The molecule has 18 heavy (non-hydrogen) atoms. The zero-order chi connectivity index (χ0) is 14.7. The van der Waals surface area contributed by atoms with Gasteiger partial charge in [0, 0.05) is 0 Å². The van der Waals surface area contributed by atoms with E-state index in [2.05, 4.69) is 55.4 Å². The van der Waals surface area contributed by atoms with Gasteiger partial charge in [-0.15, -0.1) is 0 Å².